The molecule has 0 spiro atoms. The van der Waals surface area contributed by atoms with Crippen molar-refractivity contribution in [2.24, 2.45) is 0 Å². The third kappa shape index (κ3) is 2.38. The zero-order valence-electron chi connectivity index (χ0n) is 9.70. The van der Waals surface area contributed by atoms with E-state index in [2.05, 4.69) is 9.97 Å². The second kappa shape index (κ2) is 4.97. The van der Waals surface area contributed by atoms with Gasteiger partial charge in [0.15, 0.2) is 0 Å². The summed E-state index contributed by atoms with van der Waals surface area (Å²) in [5, 5.41) is 18.6. The summed E-state index contributed by atoms with van der Waals surface area (Å²) < 4.78 is 5.00. The third-order valence-electron chi connectivity index (χ3n) is 2.53. The number of pyridine rings is 2. The van der Waals surface area contributed by atoms with Crippen LogP contribution in [0.4, 0.5) is 0 Å². The SMILES string of the molecule is COc1ccc2nccc([C@H](O)CC(=O)O)c2n1. The minimum Gasteiger partial charge on any atom is -0.481 e. The fraction of sp³-hybridized carbons (Fsp3) is 0.250. The predicted molar refractivity (Wildman–Crippen MR) is 63.3 cm³/mol. The van der Waals surface area contributed by atoms with Crippen LogP contribution >= 0.6 is 0 Å². The van der Waals surface area contributed by atoms with Gasteiger partial charge >= 0.3 is 5.97 Å². The van der Waals surface area contributed by atoms with Crippen LogP contribution < -0.4 is 4.74 Å². The number of hydrogen-bond acceptors (Lipinski definition) is 5. The van der Waals surface area contributed by atoms with E-state index in [0.717, 1.165) is 0 Å². The minimum absolute atomic E-state index is 0.377. The van der Waals surface area contributed by atoms with Crippen molar-refractivity contribution in [1.82, 2.24) is 9.97 Å². The van der Waals surface area contributed by atoms with Crippen LogP contribution in [0.1, 0.15) is 18.1 Å². The van der Waals surface area contributed by atoms with Gasteiger partial charge < -0.3 is 14.9 Å². The summed E-state index contributed by atoms with van der Waals surface area (Å²) in [6.07, 6.45) is 0.0159. The van der Waals surface area contributed by atoms with Crippen molar-refractivity contribution >= 4 is 17.0 Å². The first-order valence-corrected chi connectivity index (χ1v) is 5.31. The molecule has 18 heavy (non-hydrogen) atoms. The molecule has 2 aromatic rings. The number of aliphatic hydroxyl groups excluding tert-OH is 1. The number of rotatable bonds is 4. The third-order valence-corrected chi connectivity index (χ3v) is 2.53. The molecule has 0 aliphatic heterocycles. The Kier molecular flexibility index (Phi) is 3.38. The first kappa shape index (κ1) is 12.3. The molecule has 2 rings (SSSR count). The van der Waals surface area contributed by atoms with E-state index >= 15 is 0 Å². The van der Waals surface area contributed by atoms with Crippen molar-refractivity contribution in [3.63, 3.8) is 0 Å². The van der Waals surface area contributed by atoms with Crippen LogP contribution in [0.2, 0.25) is 0 Å². The summed E-state index contributed by atoms with van der Waals surface area (Å²) in [5.41, 5.74) is 1.46. The first-order chi connectivity index (χ1) is 8.61. The lowest BCUT2D eigenvalue weighted by Crippen LogP contribution is -2.07. The molecule has 0 saturated heterocycles. The molecule has 0 saturated carbocycles. The van der Waals surface area contributed by atoms with E-state index in [1.807, 2.05) is 0 Å². The number of carbonyl (C=O) groups is 1. The van der Waals surface area contributed by atoms with Crippen molar-refractivity contribution in [1.29, 1.82) is 0 Å². The normalized spacial score (nSPS) is 12.3. The molecule has 0 amide bonds. The van der Waals surface area contributed by atoms with Crippen molar-refractivity contribution in [2.75, 3.05) is 7.11 Å². The van der Waals surface area contributed by atoms with Crippen LogP contribution in [-0.4, -0.2) is 33.3 Å². The Hall–Kier alpha value is -2.21. The number of hydrogen-bond donors (Lipinski definition) is 2. The molecule has 0 radical (unpaired) electrons. The highest BCUT2D eigenvalue weighted by molar-refractivity contribution is 5.79. The minimum atomic E-state index is -1.12. The maximum Gasteiger partial charge on any atom is 0.306 e. The van der Waals surface area contributed by atoms with E-state index in [-0.39, 0.29) is 6.42 Å². The van der Waals surface area contributed by atoms with E-state index < -0.39 is 12.1 Å². The molecule has 6 heteroatoms. The highest BCUT2D eigenvalue weighted by Crippen LogP contribution is 2.25. The molecule has 0 fully saturated rings. The zero-order chi connectivity index (χ0) is 13.1. The lowest BCUT2D eigenvalue weighted by molar-refractivity contribution is -0.139. The van der Waals surface area contributed by atoms with E-state index in [9.17, 15) is 9.90 Å². The average Bonchev–Trinajstić information content (AvgIpc) is 2.36. The van der Waals surface area contributed by atoms with Crippen molar-refractivity contribution < 1.29 is 19.7 Å². The fourth-order valence-electron chi connectivity index (χ4n) is 1.69. The van der Waals surface area contributed by atoms with Crippen molar-refractivity contribution in [2.45, 2.75) is 12.5 Å². The fourth-order valence-corrected chi connectivity index (χ4v) is 1.69. The number of carboxylic acid groups (broad SMARTS) is 1. The number of nitrogens with zero attached hydrogens (tertiary/aromatic N) is 2. The second-order valence-corrected chi connectivity index (χ2v) is 3.74. The van der Waals surface area contributed by atoms with Gasteiger partial charge in [-0.1, -0.05) is 0 Å². The molecular weight excluding hydrogens is 236 g/mol. The lowest BCUT2D eigenvalue weighted by Gasteiger charge is -2.11. The van der Waals surface area contributed by atoms with Gasteiger partial charge in [-0.15, -0.1) is 0 Å². The van der Waals surface area contributed by atoms with Gasteiger partial charge in [-0.3, -0.25) is 9.78 Å². The topological polar surface area (TPSA) is 92.5 Å². The molecule has 0 bridgehead atoms. The van der Waals surface area contributed by atoms with Gasteiger partial charge in [0.25, 0.3) is 0 Å². The number of ether oxygens (including phenoxy) is 1. The summed E-state index contributed by atoms with van der Waals surface area (Å²) in [7, 11) is 1.48. The number of aliphatic hydroxyl groups is 1. The molecule has 0 unspecified atom stereocenters. The quantitative estimate of drug-likeness (QED) is 0.843. The molecule has 94 valence electrons. The summed E-state index contributed by atoms with van der Waals surface area (Å²) in [6.45, 7) is 0. The van der Waals surface area contributed by atoms with Crippen LogP contribution in [0.3, 0.4) is 0 Å². The standard InChI is InChI=1S/C12H12N2O4/c1-18-10-3-2-8-12(14-10)7(4-5-13-8)9(15)6-11(16)17/h2-5,9,15H,6H2,1H3,(H,16,17)/t9-/m1/s1. The predicted octanol–water partition coefficient (Wildman–Crippen LogP) is 1.15. The Labute approximate surface area is 103 Å². The Bertz CT molecular complexity index is 585. The van der Waals surface area contributed by atoms with E-state index in [1.165, 1.54) is 13.3 Å². The summed E-state index contributed by atoms with van der Waals surface area (Å²) in [5.74, 6) is -0.686. The first-order valence-electron chi connectivity index (χ1n) is 5.31. The number of methoxy groups -OCH3 is 1. The van der Waals surface area contributed by atoms with Crippen LogP contribution in [0.15, 0.2) is 24.4 Å². The zero-order valence-corrected chi connectivity index (χ0v) is 9.70. The number of carboxylic acids is 1. The van der Waals surface area contributed by atoms with Gasteiger partial charge in [-0.25, -0.2) is 4.98 Å². The maximum atomic E-state index is 10.6. The molecule has 0 aliphatic carbocycles. The average molecular weight is 248 g/mol. The van der Waals surface area contributed by atoms with Gasteiger partial charge in [0, 0.05) is 17.8 Å². The maximum absolute atomic E-state index is 10.6. The van der Waals surface area contributed by atoms with Crippen molar-refractivity contribution in [3.05, 3.63) is 30.0 Å². The number of fused-ring (bicyclic) bond motifs is 1. The van der Waals surface area contributed by atoms with Crippen molar-refractivity contribution in [3.8, 4) is 5.88 Å². The van der Waals surface area contributed by atoms with Gasteiger partial charge in [0.05, 0.1) is 30.7 Å². The largest absolute Gasteiger partial charge is 0.481 e. The smallest absolute Gasteiger partial charge is 0.306 e. The van der Waals surface area contributed by atoms with Crippen LogP contribution in [0.5, 0.6) is 5.88 Å². The van der Waals surface area contributed by atoms with Crippen LogP contribution in [0.25, 0.3) is 11.0 Å². The Morgan fingerprint density at radius 1 is 1.44 bits per heavy atom. The van der Waals surface area contributed by atoms with Gasteiger partial charge in [0.2, 0.25) is 5.88 Å². The Morgan fingerprint density at radius 3 is 2.89 bits per heavy atom. The summed E-state index contributed by atoms with van der Waals surface area (Å²) in [6, 6.07) is 4.92. The van der Waals surface area contributed by atoms with Gasteiger partial charge in [-0.05, 0) is 12.1 Å². The summed E-state index contributed by atoms with van der Waals surface area (Å²) in [4.78, 5) is 18.9. The number of aliphatic carboxylic acids is 1. The lowest BCUT2D eigenvalue weighted by atomic mass is 10.1. The number of aromatic nitrogens is 2. The van der Waals surface area contributed by atoms with Gasteiger partial charge in [0.1, 0.15) is 0 Å². The van der Waals surface area contributed by atoms with Crippen LogP contribution in [0, 0.1) is 0 Å². The van der Waals surface area contributed by atoms with Gasteiger partial charge in [-0.2, -0.15) is 0 Å². The molecule has 2 N–H and O–H groups in total. The van der Waals surface area contributed by atoms with E-state index in [4.69, 9.17) is 9.84 Å². The molecule has 2 aromatic heterocycles. The van der Waals surface area contributed by atoms with E-state index in [1.54, 1.807) is 18.2 Å². The molecule has 0 aromatic carbocycles. The Balaban J connectivity index is 2.52. The monoisotopic (exact) mass is 248 g/mol. The van der Waals surface area contributed by atoms with Crippen LogP contribution in [-0.2, 0) is 4.79 Å². The summed E-state index contributed by atoms with van der Waals surface area (Å²) >= 11 is 0. The highest BCUT2D eigenvalue weighted by atomic mass is 16.5. The molecule has 0 aliphatic rings. The second-order valence-electron chi connectivity index (χ2n) is 3.74. The Morgan fingerprint density at radius 2 is 2.22 bits per heavy atom. The molecule has 1 atom stereocenters. The molecule has 2 heterocycles. The van der Waals surface area contributed by atoms with E-state index in [0.29, 0.717) is 22.5 Å². The highest BCUT2D eigenvalue weighted by Gasteiger charge is 2.16. The molecule has 6 nitrogen and oxygen atoms in total. The molecular formula is C12H12N2O4.